The van der Waals surface area contributed by atoms with Crippen LogP contribution in [0.5, 0.6) is 0 Å². The molecule has 1 aromatic heterocycles. The maximum atomic E-state index is 12.7. The van der Waals surface area contributed by atoms with Gasteiger partial charge in [-0.3, -0.25) is 4.79 Å². The molecule has 1 aromatic carbocycles. The number of amides is 1. The number of carbonyl (C=O) groups excluding carboxylic acids is 1. The lowest BCUT2D eigenvalue weighted by molar-refractivity contribution is -0.132. The molecule has 0 N–H and O–H groups in total. The maximum Gasteiger partial charge on any atom is 0.277 e. The molecule has 1 aliphatic rings. The summed E-state index contributed by atoms with van der Waals surface area (Å²) in [6.45, 7) is 15.1. The lowest BCUT2D eigenvalue weighted by atomic mass is 9.87. The highest BCUT2D eigenvalue weighted by Gasteiger charge is 2.26. The van der Waals surface area contributed by atoms with Gasteiger partial charge in [0.15, 0.2) is 0 Å². The van der Waals surface area contributed by atoms with Crippen LogP contribution < -0.4 is 0 Å². The predicted octanol–water partition coefficient (Wildman–Crippen LogP) is 3.68. The fraction of sp³-hybridized carbons (Fsp3) is 0.571. The summed E-state index contributed by atoms with van der Waals surface area (Å²) >= 11 is 1.33. The highest BCUT2D eigenvalue weighted by molar-refractivity contribution is 8.00. The van der Waals surface area contributed by atoms with Crippen LogP contribution in [0, 0.1) is 0 Å². The number of piperazine rings is 1. The minimum absolute atomic E-state index is 0.104. The molecule has 1 fully saturated rings. The van der Waals surface area contributed by atoms with E-state index in [0.29, 0.717) is 11.1 Å². The second-order valence-corrected chi connectivity index (χ2v) is 9.51. The molecule has 3 rings (SSSR count). The van der Waals surface area contributed by atoms with Gasteiger partial charge in [0, 0.05) is 31.7 Å². The van der Waals surface area contributed by atoms with Crippen LogP contribution in [0.3, 0.4) is 0 Å². The molecule has 152 valence electrons. The normalized spacial score (nSPS) is 17.0. The van der Waals surface area contributed by atoms with E-state index < -0.39 is 0 Å². The molecular weight excluding hydrogens is 372 g/mol. The van der Waals surface area contributed by atoms with Crippen molar-refractivity contribution in [3.8, 4) is 11.5 Å². The first-order valence-electron chi connectivity index (χ1n) is 9.90. The van der Waals surface area contributed by atoms with Crippen molar-refractivity contribution in [3.05, 3.63) is 29.8 Å². The van der Waals surface area contributed by atoms with E-state index in [9.17, 15) is 4.79 Å². The highest BCUT2D eigenvalue weighted by atomic mass is 32.2. The van der Waals surface area contributed by atoms with E-state index in [0.717, 1.165) is 38.3 Å². The molecule has 0 saturated carbocycles. The molecule has 0 aliphatic carbocycles. The Balaban J connectivity index is 1.60. The van der Waals surface area contributed by atoms with Crippen LogP contribution in [0.1, 0.15) is 40.2 Å². The smallest absolute Gasteiger partial charge is 0.277 e. The molecule has 6 nitrogen and oxygen atoms in total. The van der Waals surface area contributed by atoms with Crippen LogP contribution in [-0.2, 0) is 10.2 Å². The Labute approximate surface area is 171 Å². The fourth-order valence-corrected chi connectivity index (χ4v) is 4.00. The quantitative estimate of drug-likeness (QED) is 0.711. The number of aromatic nitrogens is 2. The molecule has 1 aliphatic heterocycles. The fourth-order valence-electron chi connectivity index (χ4n) is 3.23. The average molecular weight is 403 g/mol. The first kappa shape index (κ1) is 20.9. The summed E-state index contributed by atoms with van der Waals surface area (Å²) < 4.78 is 5.80. The van der Waals surface area contributed by atoms with Crippen molar-refractivity contribution in [1.82, 2.24) is 20.0 Å². The molecule has 28 heavy (non-hydrogen) atoms. The van der Waals surface area contributed by atoms with Crippen LogP contribution >= 0.6 is 11.8 Å². The van der Waals surface area contributed by atoms with Gasteiger partial charge in [0.25, 0.3) is 5.22 Å². The van der Waals surface area contributed by atoms with Gasteiger partial charge in [-0.05, 0) is 36.6 Å². The SMILES string of the molecule is CCN1CCN(C(=O)[C@H](C)Sc2nnc(-c3ccc(C(C)(C)C)cc3)o2)CC1. The van der Waals surface area contributed by atoms with Gasteiger partial charge >= 0.3 is 0 Å². The first-order valence-corrected chi connectivity index (χ1v) is 10.8. The second-order valence-electron chi connectivity index (χ2n) is 8.22. The van der Waals surface area contributed by atoms with Gasteiger partial charge in [-0.25, -0.2) is 0 Å². The molecular formula is C21H30N4O2S. The first-order chi connectivity index (χ1) is 13.3. The molecule has 1 atom stereocenters. The number of nitrogens with zero attached hydrogens (tertiary/aromatic N) is 4. The Hall–Kier alpha value is -1.86. The van der Waals surface area contributed by atoms with Crippen molar-refractivity contribution in [3.63, 3.8) is 0 Å². The molecule has 7 heteroatoms. The summed E-state index contributed by atoms with van der Waals surface area (Å²) in [6.07, 6.45) is 0. The molecule has 0 unspecified atom stereocenters. The topological polar surface area (TPSA) is 62.5 Å². The van der Waals surface area contributed by atoms with E-state index in [-0.39, 0.29) is 16.6 Å². The van der Waals surface area contributed by atoms with Gasteiger partial charge in [0.1, 0.15) is 0 Å². The van der Waals surface area contributed by atoms with Crippen molar-refractivity contribution in [1.29, 1.82) is 0 Å². The average Bonchev–Trinajstić information content (AvgIpc) is 3.15. The summed E-state index contributed by atoms with van der Waals surface area (Å²) in [4.78, 5) is 17.0. The van der Waals surface area contributed by atoms with Gasteiger partial charge in [0.2, 0.25) is 11.8 Å². The molecule has 0 radical (unpaired) electrons. The van der Waals surface area contributed by atoms with Gasteiger partial charge in [-0.15, -0.1) is 10.2 Å². The standard InChI is InChI=1S/C21H30N4O2S/c1-6-24-11-13-25(14-12-24)19(26)15(2)28-20-23-22-18(27-20)16-7-9-17(10-8-16)21(3,4)5/h7-10,15H,6,11-14H2,1-5H3/t15-/m0/s1. The molecule has 2 aromatic rings. The third-order valence-corrected chi connectivity index (χ3v) is 6.08. The van der Waals surface area contributed by atoms with E-state index >= 15 is 0 Å². The van der Waals surface area contributed by atoms with Crippen LogP contribution in [0.25, 0.3) is 11.5 Å². The van der Waals surface area contributed by atoms with E-state index in [1.165, 1.54) is 17.3 Å². The number of rotatable bonds is 5. The Morgan fingerprint density at radius 1 is 1.14 bits per heavy atom. The zero-order valence-electron chi connectivity index (χ0n) is 17.4. The molecule has 2 heterocycles. The second kappa shape index (κ2) is 8.66. The van der Waals surface area contributed by atoms with Crippen LogP contribution in [-0.4, -0.2) is 63.9 Å². The number of hydrogen-bond acceptors (Lipinski definition) is 6. The number of hydrogen-bond donors (Lipinski definition) is 0. The summed E-state index contributed by atoms with van der Waals surface area (Å²) in [7, 11) is 0. The molecule has 1 saturated heterocycles. The van der Waals surface area contributed by atoms with Crippen molar-refractivity contribution in [2.45, 2.75) is 50.5 Å². The Morgan fingerprint density at radius 2 is 1.79 bits per heavy atom. The summed E-state index contributed by atoms with van der Waals surface area (Å²) in [5, 5.41) is 8.47. The van der Waals surface area contributed by atoms with Gasteiger partial charge in [-0.1, -0.05) is 51.6 Å². The van der Waals surface area contributed by atoms with Gasteiger partial charge in [-0.2, -0.15) is 0 Å². The zero-order chi connectivity index (χ0) is 20.3. The van der Waals surface area contributed by atoms with Crippen molar-refractivity contribution in [2.24, 2.45) is 0 Å². The zero-order valence-corrected chi connectivity index (χ0v) is 18.3. The lowest BCUT2D eigenvalue weighted by Gasteiger charge is -2.35. The largest absolute Gasteiger partial charge is 0.411 e. The Kier molecular flexibility index (Phi) is 6.45. The number of carbonyl (C=O) groups is 1. The third kappa shape index (κ3) is 4.94. The van der Waals surface area contributed by atoms with Gasteiger partial charge in [0.05, 0.1) is 5.25 Å². The van der Waals surface area contributed by atoms with E-state index in [1.54, 1.807) is 0 Å². The highest BCUT2D eigenvalue weighted by Crippen LogP contribution is 2.29. The monoisotopic (exact) mass is 402 g/mol. The minimum atomic E-state index is -0.246. The van der Waals surface area contributed by atoms with E-state index in [1.807, 2.05) is 24.0 Å². The number of benzene rings is 1. The minimum Gasteiger partial charge on any atom is -0.411 e. The van der Waals surface area contributed by atoms with E-state index in [4.69, 9.17) is 4.42 Å². The van der Waals surface area contributed by atoms with Crippen LogP contribution in [0.2, 0.25) is 0 Å². The molecule has 1 amide bonds. The van der Waals surface area contributed by atoms with E-state index in [2.05, 4.69) is 54.9 Å². The van der Waals surface area contributed by atoms with Crippen LogP contribution in [0.15, 0.2) is 33.9 Å². The van der Waals surface area contributed by atoms with Gasteiger partial charge < -0.3 is 14.2 Å². The van der Waals surface area contributed by atoms with Crippen molar-refractivity contribution >= 4 is 17.7 Å². The summed E-state index contributed by atoms with van der Waals surface area (Å²) in [5.41, 5.74) is 2.25. The third-order valence-electron chi connectivity index (χ3n) is 5.16. The summed E-state index contributed by atoms with van der Waals surface area (Å²) in [5.74, 6) is 0.620. The van der Waals surface area contributed by atoms with Crippen molar-refractivity contribution in [2.75, 3.05) is 32.7 Å². The number of likely N-dealkylation sites (N-methyl/N-ethyl adjacent to an activating group) is 1. The Morgan fingerprint density at radius 3 is 2.36 bits per heavy atom. The van der Waals surface area contributed by atoms with Crippen molar-refractivity contribution < 1.29 is 9.21 Å². The molecule has 0 bridgehead atoms. The predicted molar refractivity (Wildman–Crippen MR) is 112 cm³/mol. The summed E-state index contributed by atoms with van der Waals surface area (Å²) in [6, 6.07) is 8.19. The Bertz CT molecular complexity index is 789. The maximum absolute atomic E-state index is 12.7. The van der Waals surface area contributed by atoms with Crippen LogP contribution in [0.4, 0.5) is 0 Å². The lowest BCUT2D eigenvalue weighted by Crippen LogP contribution is -2.50. The molecule has 0 spiro atoms. The number of thioether (sulfide) groups is 1.